The monoisotopic (exact) mass is 451 g/mol. The Balaban J connectivity index is 2.12. The molecule has 0 saturated heterocycles. The van der Waals surface area contributed by atoms with E-state index >= 15 is 0 Å². The Morgan fingerprint density at radius 3 is 1.72 bits per heavy atom. The number of anilines is 3. The van der Waals surface area contributed by atoms with E-state index in [1.54, 1.807) is 0 Å². The first-order valence-electron chi connectivity index (χ1n) is 10.9. The Morgan fingerprint density at radius 2 is 1.25 bits per heavy atom. The molecule has 1 N–H and O–H groups in total. The molecular formula is C26H34N3O2P. The molecule has 170 valence electrons. The third kappa shape index (κ3) is 5.53. The molecule has 0 spiro atoms. The molecule has 0 saturated carbocycles. The highest BCUT2D eigenvalue weighted by Gasteiger charge is 2.38. The van der Waals surface area contributed by atoms with Gasteiger partial charge < -0.3 is 19.6 Å². The summed E-state index contributed by atoms with van der Waals surface area (Å²) in [6.45, 7) is 3.85. The zero-order valence-corrected chi connectivity index (χ0v) is 20.7. The highest BCUT2D eigenvalue weighted by Crippen LogP contribution is 2.60. The van der Waals surface area contributed by atoms with E-state index in [0.717, 1.165) is 22.6 Å². The van der Waals surface area contributed by atoms with Gasteiger partial charge in [0.25, 0.3) is 7.37 Å². The van der Waals surface area contributed by atoms with E-state index in [9.17, 15) is 4.57 Å². The fourth-order valence-corrected chi connectivity index (χ4v) is 6.17. The Bertz CT molecular complexity index is 1030. The Labute approximate surface area is 192 Å². The summed E-state index contributed by atoms with van der Waals surface area (Å²) < 4.78 is 21.0. The van der Waals surface area contributed by atoms with Crippen molar-refractivity contribution >= 4 is 29.7 Å². The molecule has 3 aromatic carbocycles. The second kappa shape index (κ2) is 10.2. The van der Waals surface area contributed by atoms with Crippen LogP contribution in [0.3, 0.4) is 0 Å². The maximum absolute atomic E-state index is 14.7. The van der Waals surface area contributed by atoms with Crippen molar-refractivity contribution in [3.8, 4) is 0 Å². The molecule has 0 amide bonds. The highest BCUT2D eigenvalue weighted by molar-refractivity contribution is 7.67. The molecule has 0 aliphatic rings. The molecule has 0 fully saturated rings. The normalized spacial score (nSPS) is 14.0. The van der Waals surface area contributed by atoms with Crippen LogP contribution in [0.2, 0.25) is 0 Å². The van der Waals surface area contributed by atoms with Gasteiger partial charge in [0.2, 0.25) is 0 Å². The second-order valence-corrected chi connectivity index (χ2v) is 11.0. The van der Waals surface area contributed by atoms with Crippen molar-refractivity contribution in [3.05, 3.63) is 84.4 Å². The van der Waals surface area contributed by atoms with Crippen LogP contribution in [0.15, 0.2) is 78.9 Å². The van der Waals surface area contributed by atoms with Crippen molar-refractivity contribution in [2.24, 2.45) is 0 Å². The fraction of sp³-hybridized carbons (Fsp3) is 0.308. The minimum atomic E-state index is -3.36. The van der Waals surface area contributed by atoms with Crippen molar-refractivity contribution in [1.82, 2.24) is 0 Å². The average Bonchev–Trinajstić information content (AvgIpc) is 2.77. The number of hydrogen-bond donors (Lipinski definition) is 1. The Morgan fingerprint density at radius 1 is 0.750 bits per heavy atom. The third-order valence-electron chi connectivity index (χ3n) is 5.24. The van der Waals surface area contributed by atoms with E-state index in [0.29, 0.717) is 5.30 Å². The minimum absolute atomic E-state index is 0.199. The van der Waals surface area contributed by atoms with E-state index in [1.165, 1.54) is 0 Å². The summed E-state index contributed by atoms with van der Waals surface area (Å²) in [6, 6.07) is 25.8. The van der Waals surface area contributed by atoms with Crippen molar-refractivity contribution in [2.75, 3.05) is 43.3 Å². The molecule has 0 heterocycles. The van der Waals surface area contributed by atoms with Gasteiger partial charge in [-0.05, 0) is 67.9 Å². The highest BCUT2D eigenvalue weighted by atomic mass is 31.2. The van der Waals surface area contributed by atoms with Gasteiger partial charge in [-0.15, -0.1) is 0 Å². The van der Waals surface area contributed by atoms with Crippen LogP contribution in [0.1, 0.15) is 25.2 Å². The lowest BCUT2D eigenvalue weighted by molar-refractivity contribution is 0.245. The Hall–Kier alpha value is -2.75. The van der Waals surface area contributed by atoms with Crippen LogP contribution in [0, 0.1) is 0 Å². The van der Waals surface area contributed by atoms with Crippen molar-refractivity contribution in [2.45, 2.75) is 25.7 Å². The van der Waals surface area contributed by atoms with E-state index in [2.05, 4.69) is 5.32 Å². The van der Waals surface area contributed by atoms with Crippen LogP contribution in [0.25, 0.3) is 0 Å². The van der Waals surface area contributed by atoms with Crippen LogP contribution >= 0.6 is 7.37 Å². The molecule has 2 atom stereocenters. The molecule has 0 bridgehead atoms. The molecule has 0 aliphatic heterocycles. The van der Waals surface area contributed by atoms with Gasteiger partial charge in [0, 0.05) is 50.6 Å². The van der Waals surface area contributed by atoms with Crippen molar-refractivity contribution in [1.29, 1.82) is 0 Å². The molecule has 6 heteroatoms. The first-order valence-corrected chi connectivity index (χ1v) is 12.5. The predicted octanol–water partition coefficient (Wildman–Crippen LogP) is 5.96. The van der Waals surface area contributed by atoms with E-state index < -0.39 is 13.2 Å². The number of benzene rings is 3. The number of nitrogens with zero attached hydrogens (tertiary/aromatic N) is 2. The number of nitrogens with one attached hydrogen (secondary N) is 1. The van der Waals surface area contributed by atoms with Crippen LogP contribution in [0.4, 0.5) is 17.1 Å². The summed E-state index contributed by atoms with van der Waals surface area (Å²) in [5, 5.41) is 4.21. The lowest BCUT2D eigenvalue weighted by Crippen LogP contribution is -2.23. The third-order valence-corrected chi connectivity index (χ3v) is 8.10. The van der Waals surface area contributed by atoms with E-state index in [-0.39, 0.29) is 6.10 Å². The number of hydrogen-bond acceptors (Lipinski definition) is 5. The summed E-state index contributed by atoms with van der Waals surface area (Å²) in [4.78, 5) is 4.07. The number of rotatable bonds is 9. The van der Waals surface area contributed by atoms with Gasteiger partial charge in [0.15, 0.2) is 0 Å². The van der Waals surface area contributed by atoms with E-state index in [4.69, 9.17) is 4.52 Å². The second-order valence-electron chi connectivity index (χ2n) is 8.56. The summed E-state index contributed by atoms with van der Waals surface area (Å²) >= 11 is 0. The summed E-state index contributed by atoms with van der Waals surface area (Å²) in [5.41, 5.74) is 3.95. The van der Waals surface area contributed by atoms with Crippen molar-refractivity contribution < 1.29 is 9.09 Å². The van der Waals surface area contributed by atoms with E-state index in [1.807, 2.05) is 131 Å². The number of para-hydroxylation sites is 1. The quantitative estimate of drug-likeness (QED) is 0.407. The summed E-state index contributed by atoms with van der Waals surface area (Å²) in [6.07, 6.45) is -0.199. The van der Waals surface area contributed by atoms with Gasteiger partial charge >= 0.3 is 0 Å². The molecular weight excluding hydrogens is 417 g/mol. The summed E-state index contributed by atoms with van der Waals surface area (Å²) in [5.74, 6) is -0.534. The fourth-order valence-electron chi connectivity index (χ4n) is 3.55. The van der Waals surface area contributed by atoms with Gasteiger partial charge in [-0.2, -0.15) is 0 Å². The standard InChI is InChI=1S/C26H34N3O2P/c1-20(2)31-32(30,25-18-16-24(17-19-25)29(5)6)26(27-22-10-8-7-9-11-22)21-12-14-23(15-13-21)28(3)4/h7-20,26-27H,1-6H3. The Kier molecular flexibility index (Phi) is 7.65. The zero-order chi connectivity index (χ0) is 23.3. The van der Waals surface area contributed by atoms with Gasteiger partial charge in [0.05, 0.1) is 6.10 Å². The van der Waals surface area contributed by atoms with Crippen molar-refractivity contribution in [3.63, 3.8) is 0 Å². The van der Waals surface area contributed by atoms with Crippen LogP contribution < -0.4 is 20.4 Å². The molecule has 0 aliphatic carbocycles. The van der Waals surface area contributed by atoms with Crippen LogP contribution in [0.5, 0.6) is 0 Å². The van der Waals surface area contributed by atoms with Crippen LogP contribution in [-0.2, 0) is 9.09 Å². The maximum atomic E-state index is 14.7. The van der Waals surface area contributed by atoms with Gasteiger partial charge in [0.1, 0.15) is 5.78 Å². The smallest absolute Gasteiger partial charge is 0.258 e. The zero-order valence-electron chi connectivity index (χ0n) is 19.8. The molecule has 32 heavy (non-hydrogen) atoms. The predicted molar refractivity (Wildman–Crippen MR) is 138 cm³/mol. The molecule has 2 unspecified atom stereocenters. The SMILES string of the molecule is CC(C)OP(=O)(c1ccc(N(C)C)cc1)C(Nc1ccccc1)c1ccc(N(C)C)cc1. The molecule has 3 aromatic rings. The molecule has 0 radical (unpaired) electrons. The minimum Gasteiger partial charge on any atom is -0.378 e. The molecule has 3 rings (SSSR count). The van der Waals surface area contributed by atoms with Gasteiger partial charge in [-0.3, -0.25) is 4.57 Å². The van der Waals surface area contributed by atoms with Crippen LogP contribution in [-0.4, -0.2) is 34.3 Å². The summed E-state index contributed by atoms with van der Waals surface area (Å²) in [7, 11) is 4.64. The first-order chi connectivity index (χ1) is 15.2. The average molecular weight is 452 g/mol. The lowest BCUT2D eigenvalue weighted by atomic mass is 10.2. The first kappa shape index (κ1) is 23.9. The maximum Gasteiger partial charge on any atom is 0.258 e. The largest absolute Gasteiger partial charge is 0.378 e. The van der Waals surface area contributed by atoms with Gasteiger partial charge in [-0.25, -0.2) is 0 Å². The molecule has 0 aromatic heterocycles. The topological polar surface area (TPSA) is 44.8 Å². The van der Waals surface area contributed by atoms with Gasteiger partial charge in [-0.1, -0.05) is 30.3 Å². The lowest BCUT2D eigenvalue weighted by Gasteiger charge is -2.31. The molecule has 5 nitrogen and oxygen atoms in total.